The van der Waals surface area contributed by atoms with E-state index in [9.17, 15) is 8.42 Å². The average Bonchev–Trinajstić information content (AvgIpc) is 3.11. The first-order chi connectivity index (χ1) is 15.5. The molecule has 2 heterocycles. The van der Waals surface area contributed by atoms with Crippen molar-refractivity contribution in [2.24, 2.45) is 0 Å². The number of anilines is 1. The van der Waals surface area contributed by atoms with Crippen LogP contribution in [0.2, 0.25) is 5.02 Å². The lowest BCUT2D eigenvalue weighted by molar-refractivity contribution is 0.302. The van der Waals surface area contributed by atoms with Crippen molar-refractivity contribution >= 4 is 27.5 Å². The molecule has 0 bridgehead atoms. The number of nitrogens with zero attached hydrogens (tertiary/aromatic N) is 3. The molecular weight excluding hydrogens is 446 g/mol. The van der Waals surface area contributed by atoms with Crippen LogP contribution < -0.4 is 9.04 Å². The molecule has 0 unspecified atom stereocenters. The summed E-state index contributed by atoms with van der Waals surface area (Å²) in [6, 6.07) is 19.2. The van der Waals surface area contributed by atoms with Gasteiger partial charge in [-0.3, -0.25) is 9.29 Å². The highest BCUT2D eigenvalue weighted by Crippen LogP contribution is 2.25. The van der Waals surface area contributed by atoms with Gasteiger partial charge in [0.25, 0.3) is 0 Å². The zero-order valence-corrected chi connectivity index (χ0v) is 19.3. The summed E-state index contributed by atoms with van der Waals surface area (Å²) in [5.74, 6) is 0.831. The fourth-order valence-corrected chi connectivity index (χ4v) is 5.49. The van der Waals surface area contributed by atoms with E-state index in [1.807, 2.05) is 48.5 Å². The Labute approximate surface area is 194 Å². The summed E-state index contributed by atoms with van der Waals surface area (Å²) in [4.78, 5) is 3.95. The third-order valence-corrected chi connectivity index (χ3v) is 7.68. The second-order valence-corrected chi connectivity index (χ2v) is 9.91. The molecule has 4 rings (SSSR count). The molecule has 0 radical (unpaired) electrons. The number of pyridine rings is 1. The Morgan fingerprint density at radius 2 is 1.50 bits per heavy atom. The van der Waals surface area contributed by atoms with Crippen LogP contribution in [0.15, 0.2) is 73.1 Å². The highest BCUT2D eigenvalue weighted by molar-refractivity contribution is 7.90. The van der Waals surface area contributed by atoms with Crippen LogP contribution >= 0.6 is 11.6 Å². The molecule has 0 N–H and O–H groups in total. The molecule has 0 amide bonds. The lowest BCUT2D eigenvalue weighted by Gasteiger charge is -2.19. The molecule has 0 atom stereocenters. The predicted molar refractivity (Wildman–Crippen MR) is 128 cm³/mol. The maximum Gasteiger partial charge on any atom is 0.304 e. The average molecular weight is 472 g/mol. The molecule has 1 saturated heterocycles. The summed E-state index contributed by atoms with van der Waals surface area (Å²) in [5, 5.41) is 0.724. The molecule has 1 fully saturated rings. The highest BCUT2D eigenvalue weighted by Gasteiger charge is 2.36. The van der Waals surface area contributed by atoms with Gasteiger partial charge in [0.15, 0.2) is 0 Å². The highest BCUT2D eigenvalue weighted by atomic mass is 35.5. The fraction of sp³-hybridized carbons (Fsp3) is 0.292. The Hall–Kier alpha value is -2.61. The van der Waals surface area contributed by atoms with Crippen molar-refractivity contribution in [3.8, 4) is 16.9 Å². The normalized spacial score (nSPS) is 15.7. The number of aromatic nitrogens is 1. The smallest absolute Gasteiger partial charge is 0.304 e. The first kappa shape index (κ1) is 22.6. The van der Waals surface area contributed by atoms with Gasteiger partial charge in [-0.15, -0.1) is 0 Å². The van der Waals surface area contributed by atoms with Gasteiger partial charge in [-0.05, 0) is 66.8 Å². The van der Waals surface area contributed by atoms with Crippen LogP contribution in [0.25, 0.3) is 11.1 Å². The summed E-state index contributed by atoms with van der Waals surface area (Å²) in [6.45, 7) is 2.12. The van der Waals surface area contributed by atoms with Crippen molar-refractivity contribution in [3.05, 3.63) is 78.1 Å². The number of rotatable bonds is 9. The quantitative estimate of drug-likeness (QED) is 0.411. The number of halogens is 1. The summed E-state index contributed by atoms with van der Waals surface area (Å²) >= 11 is 5.94. The predicted octanol–water partition coefficient (Wildman–Crippen LogP) is 5.02. The van der Waals surface area contributed by atoms with Gasteiger partial charge in [-0.25, -0.2) is 0 Å². The number of hydrogen-bond donors (Lipinski definition) is 0. The minimum absolute atomic E-state index is 0.474. The van der Waals surface area contributed by atoms with Gasteiger partial charge < -0.3 is 4.74 Å². The minimum Gasteiger partial charge on any atom is -0.494 e. The van der Waals surface area contributed by atoms with Crippen molar-refractivity contribution in [1.29, 1.82) is 0 Å². The van der Waals surface area contributed by atoms with Crippen molar-refractivity contribution < 1.29 is 13.2 Å². The molecular formula is C24H26ClN3O3S. The molecule has 2 aromatic carbocycles. The monoisotopic (exact) mass is 471 g/mol. The van der Waals surface area contributed by atoms with E-state index in [1.54, 1.807) is 28.8 Å². The van der Waals surface area contributed by atoms with Crippen LogP contribution in [0.4, 0.5) is 5.69 Å². The lowest BCUT2D eigenvalue weighted by Crippen LogP contribution is -2.33. The first-order valence-electron chi connectivity index (χ1n) is 10.7. The van der Waals surface area contributed by atoms with Crippen LogP contribution in [0.1, 0.15) is 19.3 Å². The number of benzene rings is 2. The Bertz CT molecular complexity index is 1110. The molecule has 6 nitrogen and oxygen atoms in total. The van der Waals surface area contributed by atoms with Gasteiger partial charge in [0.1, 0.15) is 5.75 Å². The van der Waals surface area contributed by atoms with Crippen molar-refractivity contribution in [3.63, 3.8) is 0 Å². The summed E-state index contributed by atoms with van der Waals surface area (Å²) < 4.78 is 34.3. The van der Waals surface area contributed by atoms with E-state index >= 15 is 0 Å². The second-order valence-electron chi connectivity index (χ2n) is 7.62. The first-order valence-corrected chi connectivity index (χ1v) is 12.5. The van der Waals surface area contributed by atoms with E-state index in [0.29, 0.717) is 31.9 Å². The Kier molecular flexibility index (Phi) is 7.29. The molecule has 1 aliphatic rings. The number of ether oxygens (including phenoxy) is 1. The molecule has 32 heavy (non-hydrogen) atoms. The molecule has 1 aromatic heterocycles. The van der Waals surface area contributed by atoms with Crippen LogP contribution in [0.5, 0.6) is 5.75 Å². The molecule has 3 aromatic rings. The summed E-state index contributed by atoms with van der Waals surface area (Å²) in [7, 11) is -3.45. The van der Waals surface area contributed by atoms with Gasteiger partial charge in [0.2, 0.25) is 0 Å². The Morgan fingerprint density at radius 3 is 2.19 bits per heavy atom. The largest absolute Gasteiger partial charge is 0.494 e. The second kappa shape index (κ2) is 10.3. The van der Waals surface area contributed by atoms with Gasteiger partial charge in [-0.1, -0.05) is 35.9 Å². The molecule has 0 spiro atoms. The van der Waals surface area contributed by atoms with Crippen LogP contribution in [-0.2, 0) is 10.2 Å². The summed E-state index contributed by atoms with van der Waals surface area (Å²) in [5.41, 5.74) is 2.89. The van der Waals surface area contributed by atoms with E-state index in [2.05, 4.69) is 4.98 Å². The maximum atomic E-state index is 12.7. The van der Waals surface area contributed by atoms with Gasteiger partial charge in [0.05, 0.1) is 12.3 Å². The SMILES string of the molecule is O=S1(=O)N(CCCCCOc2ccc(-c3ccc(Cl)cc3)cc2)CCN1c1ccncc1. The van der Waals surface area contributed by atoms with Gasteiger partial charge >= 0.3 is 10.2 Å². The lowest BCUT2D eigenvalue weighted by atomic mass is 10.1. The number of hydrogen-bond acceptors (Lipinski definition) is 4. The van der Waals surface area contributed by atoms with Gasteiger partial charge in [0, 0.05) is 37.1 Å². The topological polar surface area (TPSA) is 62.7 Å². The van der Waals surface area contributed by atoms with E-state index < -0.39 is 10.2 Å². The Balaban J connectivity index is 1.17. The van der Waals surface area contributed by atoms with Crippen LogP contribution in [0, 0.1) is 0 Å². The zero-order valence-electron chi connectivity index (χ0n) is 17.7. The van der Waals surface area contributed by atoms with Crippen molar-refractivity contribution in [2.75, 3.05) is 30.5 Å². The molecule has 0 saturated carbocycles. The molecule has 0 aliphatic carbocycles. The van der Waals surface area contributed by atoms with E-state index in [4.69, 9.17) is 16.3 Å². The molecule has 8 heteroatoms. The summed E-state index contributed by atoms with van der Waals surface area (Å²) in [6.07, 6.45) is 5.81. The minimum atomic E-state index is -3.45. The molecule has 1 aliphatic heterocycles. The van der Waals surface area contributed by atoms with Crippen molar-refractivity contribution in [1.82, 2.24) is 9.29 Å². The third-order valence-electron chi connectivity index (χ3n) is 5.46. The Morgan fingerprint density at radius 1 is 0.844 bits per heavy atom. The van der Waals surface area contributed by atoms with Gasteiger partial charge in [-0.2, -0.15) is 12.7 Å². The third kappa shape index (κ3) is 5.41. The zero-order chi connectivity index (χ0) is 22.4. The fourth-order valence-electron chi connectivity index (χ4n) is 3.72. The van der Waals surface area contributed by atoms with Crippen LogP contribution in [-0.4, -0.2) is 43.9 Å². The molecule has 168 valence electrons. The maximum absolute atomic E-state index is 12.7. The van der Waals surface area contributed by atoms with Crippen LogP contribution in [0.3, 0.4) is 0 Å². The standard InChI is InChI=1S/C24H26ClN3O3S/c25-22-8-4-20(5-9-22)21-6-10-24(11-7-21)31-19-3-1-2-16-27-17-18-28(32(27,29)30)23-12-14-26-15-13-23/h4-15H,1-3,16-19H2. The number of unbranched alkanes of at least 4 members (excludes halogenated alkanes) is 2. The van der Waals surface area contributed by atoms with Crippen molar-refractivity contribution in [2.45, 2.75) is 19.3 Å². The van der Waals surface area contributed by atoms with E-state index in [0.717, 1.165) is 41.2 Å². The van der Waals surface area contributed by atoms with E-state index in [1.165, 1.54) is 4.31 Å². The van der Waals surface area contributed by atoms with E-state index in [-0.39, 0.29) is 0 Å².